The highest BCUT2D eigenvalue weighted by molar-refractivity contribution is 6.53. The van der Waals surface area contributed by atoms with Crippen molar-refractivity contribution in [3.05, 3.63) is 28.7 Å². The van der Waals surface area contributed by atoms with E-state index in [4.69, 9.17) is 25.6 Å². The Morgan fingerprint density at radius 3 is 2.20 bits per heavy atom. The van der Waals surface area contributed by atoms with Crippen LogP contribution in [-0.2, 0) is 9.31 Å². The van der Waals surface area contributed by atoms with Crippen molar-refractivity contribution in [1.82, 2.24) is 9.97 Å². The minimum absolute atomic E-state index is 0.0315. The molecule has 2 fully saturated rings. The number of halogens is 2. The predicted octanol–water partition coefficient (Wildman–Crippen LogP) is 4.31. The minimum atomic E-state index is -0.919. The largest absolute Gasteiger partial charge is 0.525 e. The highest BCUT2D eigenvalue weighted by Crippen LogP contribution is 2.40. The molecule has 1 saturated heterocycles. The number of rotatable bonds is 3. The van der Waals surface area contributed by atoms with E-state index in [0.717, 1.165) is 5.57 Å². The van der Waals surface area contributed by atoms with Gasteiger partial charge >= 0.3 is 13.1 Å². The fourth-order valence-electron chi connectivity index (χ4n) is 2.92. The van der Waals surface area contributed by atoms with Crippen molar-refractivity contribution < 1.29 is 18.4 Å². The van der Waals surface area contributed by atoms with Crippen LogP contribution in [0.3, 0.4) is 0 Å². The standard InChI is InChI=1S/C17H23BClFN2O3/c1-16(2)17(3,4)25-18(24-16)14(20)11-5-7-13(8-6-11)23-15-21-9-12(19)10-22-15/h9-10,13H,5-8H2,1-4H3. The van der Waals surface area contributed by atoms with Crippen LogP contribution in [0.25, 0.3) is 0 Å². The number of allylic oxidation sites excluding steroid dienone is 1. The molecule has 8 heteroatoms. The van der Waals surface area contributed by atoms with Gasteiger partial charge in [0.05, 0.1) is 28.6 Å². The van der Waals surface area contributed by atoms with E-state index in [1.807, 2.05) is 27.7 Å². The van der Waals surface area contributed by atoms with E-state index >= 15 is 0 Å². The second kappa shape index (κ2) is 6.85. The van der Waals surface area contributed by atoms with Crippen LogP contribution in [0.1, 0.15) is 53.4 Å². The van der Waals surface area contributed by atoms with E-state index in [9.17, 15) is 4.39 Å². The maximum Gasteiger partial charge on any atom is 0.525 e. The molecule has 0 radical (unpaired) electrons. The Hall–Kier alpha value is -1.18. The van der Waals surface area contributed by atoms with Gasteiger partial charge in [-0.15, -0.1) is 0 Å². The van der Waals surface area contributed by atoms with E-state index in [2.05, 4.69) is 9.97 Å². The van der Waals surface area contributed by atoms with Crippen molar-refractivity contribution in [3.63, 3.8) is 0 Å². The molecule has 1 saturated carbocycles. The lowest BCUT2D eigenvalue weighted by atomic mass is 9.79. The molecule has 0 unspecified atom stereocenters. The molecule has 1 aliphatic carbocycles. The van der Waals surface area contributed by atoms with Crippen molar-refractivity contribution in [2.24, 2.45) is 0 Å². The van der Waals surface area contributed by atoms with E-state index in [-0.39, 0.29) is 11.8 Å². The first kappa shape index (κ1) is 18.6. The lowest BCUT2D eigenvalue weighted by Gasteiger charge is -2.32. The molecular formula is C17H23BClFN2O3. The van der Waals surface area contributed by atoms with Crippen LogP contribution in [-0.4, -0.2) is 34.4 Å². The van der Waals surface area contributed by atoms with Crippen LogP contribution in [0.2, 0.25) is 5.02 Å². The Labute approximate surface area is 153 Å². The summed E-state index contributed by atoms with van der Waals surface area (Å²) in [6.07, 6.45) is 5.58. The molecule has 5 nitrogen and oxygen atoms in total. The summed E-state index contributed by atoms with van der Waals surface area (Å²) in [4.78, 5) is 8.06. The Morgan fingerprint density at radius 2 is 1.68 bits per heavy atom. The molecule has 0 atom stereocenters. The summed E-state index contributed by atoms with van der Waals surface area (Å²) in [5.41, 5.74) is -0.626. The molecule has 1 aromatic rings. The zero-order valence-corrected chi connectivity index (χ0v) is 15.8. The quantitative estimate of drug-likeness (QED) is 0.744. The van der Waals surface area contributed by atoms with Gasteiger partial charge in [0.2, 0.25) is 0 Å². The summed E-state index contributed by atoms with van der Waals surface area (Å²) < 4.78 is 32.2. The molecule has 2 aliphatic rings. The van der Waals surface area contributed by atoms with Gasteiger partial charge in [0.25, 0.3) is 0 Å². The van der Waals surface area contributed by atoms with Crippen LogP contribution >= 0.6 is 11.6 Å². The highest BCUT2D eigenvalue weighted by Gasteiger charge is 2.53. The molecular weight excluding hydrogens is 345 g/mol. The van der Waals surface area contributed by atoms with Crippen molar-refractivity contribution in [3.8, 4) is 6.01 Å². The van der Waals surface area contributed by atoms with E-state index < -0.39 is 18.3 Å². The third-order valence-corrected chi connectivity index (χ3v) is 5.40. The summed E-state index contributed by atoms with van der Waals surface area (Å²) in [6, 6.07) is 0.299. The normalized spacial score (nSPS) is 25.1. The van der Waals surface area contributed by atoms with E-state index in [1.54, 1.807) is 0 Å². The van der Waals surface area contributed by atoms with E-state index in [1.165, 1.54) is 12.4 Å². The number of hydrogen-bond donors (Lipinski definition) is 0. The maximum atomic E-state index is 14.8. The third kappa shape index (κ3) is 3.99. The van der Waals surface area contributed by atoms with Gasteiger partial charge in [-0.2, -0.15) is 0 Å². The van der Waals surface area contributed by atoms with Gasteiger partial charge < -0.3 is 14.0 Å². The van der Waals surface area contributed by atoms with Gasteiger partial charge in [0, 0.05) is 0 Å². The van der Waals surface area contributed by atoms with Crippen LogP contribution in [0, 0.1) is 0 Å². The van der Waals surface area contributed by atoms with Crippen LogP contribution in [0.5, 0.6) is 6.01 Å². The van der Waals surface area contributed by atoms with Crippen molar-refractivity contribution in [2.45, 2.75) is 70.7 Å². The van der Waals surface area contributed by atoms with Gasteiger partial charge in [-0.3, -0.25) is 0 Å². The molecule has 1 aromatic heterocycles. The first-order chi connectivity index (χ1) is 11.7. The number of nitrogens with zero attached hydrogens (tertiary/aromatic N) is 2. The topological polar surface area (TPSA) is 53.5 Å². The van der Waals surface area contributed by atoms with Gasteiger partial charge in [-0.05, 0) is 59.0 Å². The van der Waals surface area contributed by atoms with Gasteiger partial charge in [0.1, 0.15) is 11.8 Å². The predicted molar refractivity (Wildman–Crippen MR) is 94.1 cm³/mol. The Kier molecular flexibility index (Phi) is 5.10. The molecule has 25 heavy (non-hydrogen) atoms. The molecule has 2 heterocycles. The zero-order valence-electron chi connectivity index (χ0n) is 15.0. The molecule has 0 bridgehead atoms. The van der Waals surface area contributed by atoms with Crippen LogP contribution < -0.4 is 4.74 Å². The SMILES string of the molecule is CC1(C)OB(C(F)=C2CCC(Oc3ncc(Cl)cn3)CC2)OC1(C)C. The smallest absolute Gasteiger partial charge is 0.460 e. The lowest BCUT2D eigenvalue weighted by molar-refractivity contribution is 0.00578. The van der Waals surface area contributed by atoms with Gasteiger partial charge in [0.15, 0.2) is 0 Å². The van der Waals surface area contributed by atoms with Crippen LogP contribution in [0.4, 0.5) is 4.39 Å². The summed E-state index contributed by atoms with van der Waals surface area (Å²) in [7, 11) is -0.919. The zero-order chi connectivity index (χ0) is 18.2. The Morgan fingerprint density at radius 1 is 1.16 bits per heavy atom. The molecule has 0 aromatic carbocycles. The number of ether oxygens (including phenoxy) is 1. The molecule has 1 aliphatic heterocycles. The average Bonchev–Trinajstić information content (AvgIpc) is 2.78. The first-order valence-corrected chi connectivity index (χ1v) is 8.93. The number of hydrogen-bond acceptors (Lipinski definition) is 5. The van der Waals surface area contributed by atoms with Gasteiger partial charge in [-0.25, -0.2) is 14.4 Å². The molecule has 0 spiro atoms. The molecule has 0 amide bonds. The fourth-order valence-corrected chi connectivity index (χ4v) is 3.02. The summed E-state index contributed by atoms with van der Waals surface area (Å²) in [6.45, 7) is 7.67. The van der Waals surface area contributed by atoms with E-state index in [0.29, 0.717) is 36.7 Å². The van der Waals surface area contributed by atoms with Crippen LogP contribution in [0.15, 0.2) is 23.7 Å². The van der Waals surface area contributed by atoms with Gasteiger partial charge in [-0.1, -0.05) is 11.6 Å². The lowest BCUT2D eigenvalue weighted by Crippen LogP contribution is -2.41. The van der Waals surface area contributed by atoms with Crippen molar-refractivity contribution in [1.29, 1.82) is 0 Å². The second-order valence-corrected chi connectivity index (χ2v) is 7.98. The Bertz CT molecular complexity index is 640. The summed E-state index contributed by atoms with van der Waals surface area (Å²) in [5.74, 6) is 0. The average molecular weight is 369 g/mol. The monoisotopic (exact) mass is 368 g/mol. The van der Waals surface area contributed by atoms with Crippen molar-refractivity contribution in [2.75, 3.05) is 0 Å². The Balaban J connectivity index is 1.59. The maximum absolute atomic E-state index is 14.8. The molecule has 0 N–H and O–H groups in total. The second-order valence-electron chi connectivity index (χ2n) is 7.54. The minimum Gasteiger partial charge on any atom is -0.460 e. The molecule has 3 rings (SSSR count). The number of aromatic nitrogens is 2. The van der Waals surface area contributed by atoms with Crippen molar-refractivity contribution >= 4 is 18.7 Å². The molecule has 136 valence electrons. The highest BCUT2D eigenvalue weighted by atomic mass is 35.5. The fraction of sp³-hybridized carbons (Fsp3) is 0.647. The first-order valence-electron chi connectivity index (χ1n) is 8.55. The summed E-state index contributed by atoms with van der Waals surface area (Å²) >= 11 is 5.76. The summed E-state index contributed by atoms with van der Waals surface area (Å²) in [5, 5.41) is 0.464. The third-order valence-electron chi connectivity index (χ3n) is 5.20.